The molecule has 0 aliphatic carbocycles. The fourth-order valence-electron chi connectivity index (χ4n) is 3.60. The fourth-order valence-corrected chi connectivity index (χ4v) is 4.46. The first-order chi connectivity index (χ1) is 13.1. The highest BCUT2D eigenvalue weighted by atomic mass is 32.1. The number of likely N-dealkylation sites (tertiary alicyclic amines) is 1. The predicted molar refractivity (Wildman–Crippen MR) is 107 cm³/mol. The monoisotopic (exact) mass is 382 g/mol. The van der Waals surface area contributed by atoms with Crippen molar-refractivity contribution in [2.45, 2.75) is 25.8 Å². The smallest absolute Gasteiger partial charge is 0.287 e. The summed E-state index contributed by atoms with van der Waals surface area (Å²) in [4.78, 5) is 28.6. The van der Waals surface area contributed by atoms with E-state index in [9.17, 15) is 9.59 Å². The zero-order valence-electron chi connectivity index (χ0n) is 15.2. The van der Waals surface area contributed by atoms with E-state index in [0.717, 1.165) is 18.7 Å². The van der Waals surface area contributed by atoms with E-state index in [4.69, 9.17) is 4.42 Å². The molecule has 4 rings (SSSR count). The summed E-state index contributed by atoms with van der Waals surface area (Å²) < 4.78 is 5.68. The van der Waals surface area contributed by atoms with Gasteiger partial charge >= 0.3 is 0 Å². The summed E-state index contributed by atoms with van der Waals surface area (Å²) in [5.41, 5.74) is 1.23. The minimum atomic E-state index is -0.352. The predicted octanol–water partition coefficient (Wildman–Crippen LogP) is 3.73. The Balaban J connectivity index is 1.53. The number of nitrogens with one attached hydrogen (secondary N) is 1. The minimum absolute atomic E-state index is 0.0581. The van der Waals surface area contributed by atoms with E-state index < -0.39 is 0 Å². The maximum Gasteiger partial charge on any atom is 0.287 e. The van der Waals surface area contributed by atoms with Crippen molar-refractivity contribution in [1.29, 1.82) is 0 Å². The van der Waals surface area contributed by atoms with Gasteiger partial charge in [-0.1, -0.05) is 17.7 Å². The Hall–Kier alpha value is -2.44. The molecule has 0 bridgehead atoms. The van der Waals surface area contributed by atoms with E-state index >= 15 is 0 Å². The summed E-state index contributed by atoms with van der Waals surface area (Å²) in [6, 6.07) is 11.0. The zero-order chi connectivity index (χ0) is 18.8. The largest absolute Gasteiger partial charge is 0.451 e. The third-order valence-electron chi connectivity index (χ3n) is 5.02. The highest BCUT2D eigenvalue weighted by Gasteiger charge is 2.25. The molecular formula is C21H22N2O3S. The molecule has 1 amide bonds. The SMILES string of the molecule is Cc1ccc2oc(C(=O)NC[C@@H](c3cccs3)N3CCCC3)cc(=O)c2c1. The Morgan fingerprint density at radius 3 is 2.81 bits per heavy atom. The average Bonchev–Trinajstić information content (AvgIpc) is 3.36. The molecule has 0 saturated carbocycles. The van der Waals surface area contributed by atoms with Crippen LogP contribution in [0.15, 0.2) is 51.0 Å². The molecule has 0 unspecified atom stereocenters. The van der Waals surface area contributed by atoms with Crippen LogP contribution < -0.4 is 10.7 Å². The Labute approximate surface area is 161 Å². The maximum atomic E-state index is 12.6. The van der Waals surface area contributed by atoms with Crippen LogP contribution in [0.5, 0.6) is 0 Å². The van der Waals surface area contributed by atoms with Crippen molar-refractivity contribution >= 4 is 28.2 Å². The Bertz CT molecular complexity index is 1000. The molecular weight excluding hydrogens is 360 g/mol. The molecule has 1 atom stereocenters. The van der Waals surface area contributed by atoms with Gasteiger partial charge in [-0.25, -0.2) is 0 Å². The average molecular weight is 382 g/mol. The maximum absolute atomic E-state index is 12.6. The first-order valence-electron chi connectivity index (χ1n) is 9.22. The lowest BCUT2D eigenvalue weighted by molar-refractivity contribution is 0.0911. The summed E-state index contributed by atoms with van der Waals surface area (Å²) in [6.45, 7) is 4.50. The van der Waals surface area contributed by atoms with Gasteiger partial charge in [0, 0.05) is 17.5 Å². The molecule has 1 aromatic carbocycles. The third-order valence-corrected chi connectivity index (χ3v) is 5.99. The number of carbonyl (C=O) groups excluding carboxylic acids is 1. The van der Waals surface area contributed by atoms with Gasteiger partial charge in [-0.3, -0.25) is 14.5 Å². The molecule has 1 aliphatic heterocycles. The number of aryl methyl sites for hydroxylation is 1. The van der Waals surface area contributed by atoms with Gasteiger partial charge in [0.2, 0.25) is 0 Å². The topological polar surface area (TPSA) is 62.6 Å². The third kappa shape index (κ3) is 3.82. The number of amides is 1. The molecule has 1 N–H and O–H groups in total. The van der Waals surface area contributed by atoms with Crippen LogP contribution in [0.4, 0.5) is 0 Å². The van der Waals surface area contributed by atoms with Crippen LogP contribution in [0.2, 0.25) is 0 Å². The molecule has 0 radical (unpaired) electrons. The van der Waals surface area contributed by atoms with Gasteiger partial charge in [-0.05, 0) is 56.4 Å². The van der Waals surface area contributed by atoms with Crippen LogP contribution >= 0.6 is 11.3 Å². The van der Waals surface area contributed by atoms with Crippen molar-refractivity contribution in [2.24, 2.45) is 0 Å². The summed E-state index contributed by atoms with van der Waals surface area (Å²) in [5, 5.41) is 5.52. The highest BCUT2D eigenvalue weighted by Crippen LogP contribution is 2.28. The summed E-state index contributed by atoms with van der Waals surface area (Å²) in [6.07, 6.45) is 2.38. The summed E-state index contributed by atoms with van der Waals surface area (Å²) in [5.74, 6) is -0.293. The second-order valence-electron chi connectivity index (χ2n) is 6.96. The van der Waals surface area contributed by atoms with E-state index in [1.807, 2.05) is 19.1 Å². The lowest BCUT2D eigenvalue weighted by atomic mass is 10.1. The van der Waals surface area contributed by atoms with Crippen LogP contribution in [0.25, 0.3) is 11.0 Å². The molecule has 1 fully saturated rings. The van der Waals surface area contributed by atoms with Crippen LogP contribution in [0.1, 0.15) is 39.9 Å². The van der Waals surface area contributed by atoms with Gasteiger partial charge in [-0.15, -0.1) is 11.3 Å². The number of fused-ring (bicyclic) bond motifs is 1. The van der Waals surface area contributed by atoms with Gasteiger partial charge in [0.05, 0.1) is 11.4 Å². The molecule has 2 aromatic heterocycles. The number of hydrogen-bond donors (Lipinski definition) is 1. The van der Waals surface area contributed by atoms with E-state index in [1.165, 1.54) is 23.8 Å². The van der Waals surface area contributed by atoms with Crippen LogP contribution in [0.3, 0.4) is 0 Å². The summed E-state index contributed by atoms with van der Waals surface area (Å²) in [7, 11) is 0. The zero-order valence-corrected chi connectivity index (χ0v) is 16.1. The Kier molecular flexibility index (Phi) is 5.09. The standard InChI is InChI=1S/C21H22N2O3S/c1-14-6-7-18-15(11-14)17(24)12-19(26-18)21(25)22-13-16(20-5-4-10-27-20)23-8-2-3-9-23/h4-7,10-12,16H,2-3,8-9,13H2,1H3,(H,22,25)/t16-/m0/s1. The second-order valence-corrected chi connectivity index (χ2v) is 7.94. The van der Waals surface area contributed by atoms with E-state index in [0.29, 0.717) is 17.5 Å². The van der Waals surface area contributed by atoms with Crippen molar-refractivity contribution in [3.8, 4) is 0 Å². The molecule has 6 heteroatoms. The van der Waals surface area contributed by atoms with Gasteiger partial charge in [0.15, 0.2) is 11.2 Å². The van der Waals surface area contributed by atoms with Crippen LogP contribution in [-0.2, 0) is 0 Å². The van der Waals surface area contributed by atoms with Gasteiger partial charge in [0.25, 0.3) is 5.91 Å². The van der Waals surface area contributed by atoms with Gasteiger partial charge < -0.3 is 9.73 Å². The van der Waals surface area contributed by atoms with E-state index in [2.05, 4.69) is 21.7 Å². The number of hydrogen-bond acceptors (Lipinski definition) is 5. The van der Waals surface area contributed by atoms with Crippen LogP contribution in [-0.4, -0.2) is 30.4 Å². The number of rotatable bonds is 5. The molecule has 0 spiro atoms. The van der Waals surface area contributed by atoms with Crippen molar-refractivity contribution in [1.82, 2.24) is 10.2 Å². The lowest BCUT2D eigenvalue weighted by Gasteiger charge is -2.26. The second kappa shape index (κ2) is 7.66. The van der Waals surface area contributed by atoms with Crippen molar-refractivity contribution in [3.63, 3.8) is 0 Å². The number of benzene rings is 1. The molecule has 1 saturated heterocycles. The molecule has 140 valence electrons. The summed E-state index contributed by atoms with van der Waals surface area (Å²) >= 11 is 1.70. The first-order valence-corrected chi connectivity index (χ1v) is 10.1. The quantitative estimate of drug-likeness (QED) is 0.730. The number of nitrogens with zero attached hydrogens (tertiary/aromatic N) is 1. The molecule has 1 aliphatic rings. The van der Waals surface area contributed by atoms with E-state index in [-0.39, 0.29) is 23.1 Å². The Morgan fingerprint density at radius 1 is 1.26 bits per heavy atom. The van der Waals surface area contributed by atoms with Gasteiger partial charge in [-0.2, -0.15) is 0 Å². The highest BCUT2D eigenvalue weighted by molar-refractivity contribution is 7.10. The Morgan fingerprint density at radius 2 is 2.07 bits per heavy atom. The van der Waals surface area contributed by atoms with Crippen LogP contribution in [0, 0.1) is 6.92 Å². The number of thiophene rings is 1. The fraction of sp³-hybridized carbons (Fsp3) is 0.333. The number of carbonyl (C=O) groups is 1. The van der Waals surface area contributed by atoms with E-state index in [1.54, 1.807) is 23.5 Å². The molecule has 3 aromatic rings. The first kappa shape index (κ1) is 17.9. The van der Waals surface area contributed by atoms with Gasteiger partial charge in [0.1, 0.15) is 5.58 Å². The van der Waals surface area contributed by atoms with Crippen molar-refractivity contribution in [2.75, 3.05) is 19.6 Å². The molecule has 3 heterocycles. The van der Waals surface area contributed by atoms with Crippen molar-refractivity contribution in [3.05, 3.63) is 68.2 Å². The molecule has 27 heavy (non-hydrogen) atoms. The normalized spacial score (nSPS) is 15.9. The minimum Gasteiger partial charge on any atom is -0.451 e. The van der Waals surface area contributed by atoms with Crippen molar-refractivity contribution < 1.29 is 9.21 Å². The lowest BCUT2D eigenvalue weighted by Crippen LogP contribution is -2.36. The molecule has 5 nitrogen and oxygen atoms in total.